The van der Waals surface area contributed by atoms with Crippen molar-refractivity contribution in [3.05, 3.63) is 59.9 Å². The van der Waals surface area contributed by atoms with E-state index >= 15 is 0 Å². The molecule has 2 N–H and O–H groups in total. The van der Waals surface area contributed by atoms with Crippen LogP contribution < -0.4 is 10.6 Å². The molecule has 0 saturated carbocycles. The highest BCUT2D eigenvalue weighted by Gasteiger charge is 2.24. The summed E-state index contributed by atoms with van der Waals surface area (Å²) in [6.07, 6.45) is 3.20. The van der Waals surface area contributed by atoms with Crippen LogP contribution in [0.4, 0.5) is 10.9 Å². The molecule has 172 valence electrons. The molecule has 2 aromatic heterocycles. The molecule has 0 saturated heterocycles. The third-order valence-corrected chi connectivity index (χ3v) is 5.71. The Labute approximate surface area is 195 Å². The number of hydrogen-bond donors (Lipinski definition) is 2. The van der Waals surface area contributed by atoms with Crippen molar-refractivity contribution in [2.75, 3.05) is 30.4 Å². The lowest BCUT2D eigenvalue weighted by Crippen LogP contribution is -2.22. The van der Waals surface area contributed by atoms with Crippen LogP contribution in [0.1, 0.15) is 29.3 Å². The fraction of sp³-hybridized carbons (Fsp3) is 0.261. The first-order valence-electron chi connectivity index (χ1n) is 10.3. The largest absolute Gasteiger partial charge is 0.462 e. The number of ether oxygens (including phenoxy) is 2. The zero-order valence-corrected chi connectivity index (χ0v) is 19.1. The van der Waals surface area contributed by atoms with Gasteiger partial charge in [-0.3, -0.25) is 9.59 Å². The maximum Gasteiger partial charge on any atom is 0.341 e. The quantitative estimate of drug-likeness (QED) is 0.433. The molecule has 0 bridgehead atoms. The van der Waals surface area contributed by atoms with E-state index in [0.717, 1.165) is 10.4 Å². The summed E-state index contributed by atoms with van der Waals surface area (Å²) in [7, 11) is 0. The third-order valence-electron chi connectivity index (χ3n) is 4.46. The highest BCUT2D eigenvalue weighted by molar-refractivity contribution is 7.20. The molecular weight excluding hydrogens is 444 g/mol. The third kappa shape index (κ3) is 6.59. The van der Waals surface area contributed by atoms with E-state index in [9.17, 15) is 14.4 Å². The predicted octanol–water partition coefficient (Wildman–Crippen LogP) is 3.67. The highest BCUT2D eigenvalue weighted by atomic mass is 32.1. The number of carbonyl (C=O) groups is 3. The maximum atomic E-state index is 12.5. The topological polar surface area (TPSA) is 120 Å². The van der Waals surface area contributed by atoms with Gasteiger partial charge in [-0.05, 0) is 31.0 Å². The van der Waals surface area contributed by atoms with Crippen molar-refractivity contribution in [1.29, 1.82) is 0 Å². The summed E-state index contributed by atoms with van der Waals surface area (Å²) in [5.74, 6) is -1.22. The van der Waals surface area contributed by atoms with Gasteiger partial charge in [0.05, 0.1) is 18.6 Å². The van der Waals surface area contributed by atoms with Crippen molar-refractivity contribution in [1.82, 2.24) is 9.97 Å². The molecule has 0 aliphatic heterocycles. The van der Waals surface area contributed by atoms with Gasteiger partial charge in [0.2, 0.25) is 5.95 Å². The van der Waals surface area contributed by atoms with Gasteiger partial charge in [0.1, 0.15) is 5.00 Å². The van der Waals surface area contributed by atoms with Crippen LogP contribution in [-0.2, 0) is 19.1 Å². The first kappa shape index (κ1) is 23.9. The van der Waals surface area contributed by atoms with Crippen LogP contribution in [0.5, 0.6) is 0 Å². The van der Waals surface area contributed by atoms with Gasteiger partial charge in [-0.25, -0.2) is 14.8 Å². The van der Waals surface area contributed by atoms with E-state index in [4.69, 9.17) is 9.47 Å². The fourth-order valence-electron chi connectivity index (χ4n) is 2.96. The van der Waals surface area contributed by atoms with E-state index in [1.807, 2.05) is 37.3 Å². The fourth-order valence-corrected chi connectivity index (χ4v) is 4.18. The van der Waals surface area contributed by atoms with Crippen molar-refractivity contribution >= 4 is 40.1 Å². The number of benzene rings is 1. The lowest BCUT2D eigenvalue weighted by atomic mass is 10.1. The zero-order chi connectivity index (χ0) is 23.6. The molecule has 0 aliphatic rings. The number of thiophene rings is 1. The van der Waals surface area contributed by atoms with Crippen molar-refractivity contribution in [3.8, 4) is 10.4 Å². The Hall–Kier alpha value is -3.79. The standard InChI is InChI=1S/C23H24N4O5S/c1-3-31-22(30)19-15(2)20(16-8-5-4-6-9-16)33-21(19)27-17(28)14-32-18(29)10-13-26-23-24-11-7-12-25-23/h4-9,11-12H,3,10,13-14H2,1-2H3,(H,27,28)(H,24,25,26). The number of esters is 2. The van der Waals surface area contributed by atoms with Crippen LogP contribution in [0.25, 0.3) is 10.4 Å². The molecule has 0 fully saturated rings. The normalized spacial score (nSPS) is 10.4. The Morgan fingerprint density at radius 1 is 1.03 bits per heavy atom. The van der Waals surface area contributed by atoms with Gasteiger partial charge >= 0.3 is 11.9 Å². The minimum Gasteiger partial charge on any atom is -0.462 e. The Kier molecular flexibility index (Phi) is 8.48. The molecule has 1 aromatic carbocycles. The Balaban J connectivity index is 1.61. The summed E-state index contributed by atoms with van der Waals surface area (Å²) in [6, 6.07) is 11.2. The first-order valence-corrected chi connectivity index (χ1v) is 11.1. The molecule has 0 unspecified atom stereocenters. The van der Waals surface area contributed by atoms with Gasteiger partial charge in [-0.1, -0.05) is 30.3 Å². The molecule has 3 aromatic rings. The van der Waals surface area contributed by atoms with Crippen LogP contribution >= 0.6 is 11.3 Å². The second-order valence-electron chi connectivity index (χ2n) is 6.80. The minimum atomic E-state index is -0.550. The lowest BCUT2D eigenvalue weighted by Gasteiger charge is -2.08. The van der Waals surface area contributed by atoms with Crippen molar-refractivity contribution in [3.63, 3.8) is 0 Å². The Bertz CT molecular complexity index is 1100. The van der Waals surface area contributed by atoms with Crippen molar-refractivity contribution in [2.45, 2.75) is 20.3 Å². The SMILES string of the molecule is CCOC(=O)c1c(NC(=O)COC(=O)CCNc2ncccn2)sc(-c2ccccc2)c1C. The summed E-state index contributed by atoms with van der Waals surface area (Å²) >= 11 is 1.27. The van der Waals surface area contributed by atoms with Gasteiger partial charge in [-0.2, -0.15) is 0 Å². The van der Waals surface area contributed by atoms with E-state index in [2.05, 4.69) is 20.6 Å². The van der Waals surface area contributed by atoms with Crippen LogP contribution in [0, 0.1) is 6.92 Å². The average molecular weight is 469 g/mol. The van der Waals surface area contributed by atoms with E-state index in [0.29, 0.717) is 22.1 Å². The molecule has 0 atom stereocenters. The molecule has 9 nitrogen and oxygen atoms in total. The second kappa shape index (κ2) is 11.7. The minimum absolute atomic E-state index is 0.0376. The second-order valence-corrected chi connectivity index (χ2v) is 7.83. The predicted molar refractivity (Wildman–Crippen MR) is 125 cm³/mol. The monoisotopic (exact) mass is 468 g/mol. The number of anilines is 2. The van der Waals surface area contributed by atoms with Crippen molar-refractivity contribution in [2.24, 2.45) is 0 Å². The van der Waals surface area contributed by atoms with E-state index < -0.39 is 24.5 Å². The average Bonchev–Trinajstić information content (AvgIpc) is 3.14. The summed E-state index contributed by atoms with van der Waals surface area (Å²) in [6.45, 7) is 3.53. The highest BCUT2D eigenvalue weighted by Crippen LogP contribution is 2.40. The van der Waals surface area contributed by atoms with Crippen molar-refractivity contribution < 1.29 is 23.9 Å². The number of hydrogen-bond acceptors (Lipinski definition) is 9. The van der Waals surface area contributed by atoms with Crippen LogP contribution in [0.3, 0.4) is 0 Å². The summed E-state index contributed by atoms with van der Waals surface area (Å²) in [4.78, 5) is 45.7. The molecule has 0 spiro atoms. The summed E-state index contributed by atoms with van der Waals surface area (Å²) in [5, 5.41) is 5.93. The smallest absolute Gasteiger partial charge is 0.341 e. The number of rotatable bonds is 10. The number of carbonyl (C=O) groups excluding carboxylic acids is 3. The Morgan fingerprint density at radius 3 is 2.45 bits per heavy atom. The number of nitrogens with zero attached hydrogens (tertiary/aromatic N) is 2. The van der Waals surface area contributed by atoms with E-state index in [-0.39, 0.29) is 19.6 Å². The molecule has 3 rings (SSSR count). The van der Waals surface area contributed by atoms with E-state index in [1.54, 1.807) is 25.4 Å². The molecular formula is C23H24N4O5S. The zero-order valence-electron chi connectivity index (χ0n) is 18.3. The molecule has 2 heterocycles. The summed E-state index contributed by atoms with van der Waals surface area (Å²) in [5.41, 5.74) is 1.94. The van der Waals surface area contributed by atoms with Gasteiger partial charge in [-0.15, -0.1) is 11.3 Å². The number of amides is 1. The molecule has 0 radical (unpaired) electrons. The molecule has 33 heavy (non-hydrogen) atoms. The lowest BCUT2D eigenvalue weighted by molar-refractivity contribution is -0.147. The Morgan fingerprint density at radius 2 is 1.76 bits per heavy atom. The van der Waals surface area contributed by atoms with Crippen LogP contribution in [0.15, 0.2) is 48.8 Å². The van der Waals surface area contributed by atoms with Gasteiger partial charge < -0.3 is 20.1 Å². The van der Waals surface area contributed by atoms with Gasteiger partial charge in [0, 0.05) is 23.8 Å². The summed E-state index contributed by atoms with van der Waals surface area (Å²) < 4.78 is 10.2. The molecule has 1 amide bonds. The van der Waals surface area contributed by atoms with Gasteiger partial charge in [0.25, 0.3) is 5.91 Å². The van der Waals surface area contributed by atoms with E-state index in [1.165, 1.54) is 11.3 Å². The maximum absolute atomic E-state index is 12.5. The van der Waals surface area contributed by atoms with Crippen LogP contribution in [0.2, 0.25) is 0 Å². The molecule has 10 heteroatoms. The number of aromatic nitrogens is 2. The molecule has 0 aliphatic carbocycles. The van der Waals surface area contributed by atoms with Gasteiger partial charge in [0.15, 0.2) is 6.61 Å². The van der Waals surface area contributed by atoms with Crippen LogP contribution in [-0.4, -0.2) is 47.6 Å². The number of nitrogens with one attached hydrogen (secondary N) is 2. The first-order chi connectivity index (χ1) is 16.0.